The van der Waals surface area contributed by atoms with Gasteiger partial charge in [-0.05, 0) is 18.2 Å². The quantitative estimate of drug-likeness (QED) is 0.771. The van der Waals surface area contributed by atoms with Crippen molar-refractivity contribution in [1.29, 1.82) is 0 Å². The van der Waals surface area contributed by atoms with Crippen LogP contribution in [0.5, 0.6) is 5.75 Å². The Hall–Kier alpha value is -0.760. The third-order valence-corrected chi connectivity index (χ3v) is 5.67. The van der Waals surface area contributed by atoms with Crippen molar-refractivity contribution in [2.75, 3.05) is 27.3 Å². The van der Waals surface area contributed by atoms with Gasteiger partial charge in [-0.2, -0.15) is 4.31 Å². The molecule has 7 nitrogen and oxygen atoms in total. The number of halogens is 1. The average Bonchev–Trinajstić information content (AvgIpc) is 2.47. The fourth-order valence-corrected chi connectivity index (χ4v) is 3.60. The molecule has 126 valence electrons. The van der Waals surface area contributed by atoms with Gasteiger partial charge in [0, 0.05) is 17.7 Å². The maximum Gasteiger partial charge on any atom is 0.696 e. The molecule has 10 heteroatoms. The van der Waals surface area contributed by atoms with Gasteiger partial charge in [0.25, 0.3) is 0 Å². The molecule has 22 heavy (non-hydrogen) atoms. The molecule has 1 aromatic carbocycles. The van der Waals surface area contributed by atoms with Gasteiger partial charge < -0.3 is 5.11 Å². The molecule has 0 bridgehead atoms. The number of hydrogen-bond donors (Lipinski definition) is 1. The topological polar surface area (TPSA) is 93.1 Å². The summed E-state index contributed by atoms with van der Waals surface area (Å²) in [7, 11) is -2.74. The van der Waals surface area contributed by atoms with Crippen molar-refractivity contribution in [1.82, 2.24) is 4.31 Å². The van der Waals surface area contributed by atoms with Crippen molar-refractivity contribution >= 4 is 29.9 Å². The first-order valence-electron chi connectivity index (χ1n) is 6.28. The molecule has 0 aliphatic carbocycles. The van der Waals surface area contributed by atoms with E-state index in [9.17, 15) is 13.0 Å². The molecule has 0 aromatic heterocycles. The Bertz CT molecular complexity index is 585. The lowest BCUT2D eigenvalue weighted by Crippen LogP contribution is -2.30. The predicted octanol–water partition coefficient (Wildman–Crippen LogP) is 3.01. The first-order valence-corrected chi connectivity index (χ1v) is 9.20. The van der Waals surface area contributed by atoms with Gasteiger partial charge in [-0.25, -0.2) is 8.42 Å². The van der Waals surface area contributed by atoms with Gasteiger partial charge in [0.15, 0.2) is 0 Å². The average molecular weight is 373 g/mol. The maximum atomic E-state index is 12.1. The van der Waals surface area contributed by atoms with Gasteiger partial charge in [0.1, 0.15) is 10.6 Å². The Morgan fingerprint density at radius 2 is 1.73 bits per heavy atom. The van der Waals surface area contributed by atoms with Crippen LogP contribution in [-0.4, -0.2) is 45.1 Å². The van der Waals surface area contributed by atoms with E-state index in [-0.39, 0.29) is 15.7 Å². The van der Waals surface area contributed by atoms with Crippen LogP contribution < -0.4 is 0 Å². The number of rotatable bonds is 6. The summed E-state index contributed by atoms with van der Waals surface area (Å²) in [5.74, 6) is -0.0523. The highest BCUT2D eigenvalue weighted by molar-refractivity contribution is 7.89. The van der Waals surface area contributed by atoms with Crippen LogP contribution in [-0.2, 0) is 23.6 Å². The largest absolute Gasteiger partial charge is 0.696 e. The number of benzene rings is 1. The number of hydrogen-bond acceptors (Lipinski definition) is 6. The van der Waals surface area contributed by atoms with E-state index < -0.39 is 18.3 Å². The second-order valence-electron chi connectivity index (χ2n) is 3.79. The highest BCUT2D eigenvalue weighted by Crippen LogP contribution is 2.27. The van der Waals surface area contributed by atoms with Crippen molar-refractivity contribution in [3.05, 3.63) is 23.2 Å². The molecule has 1 rings (SSSR count). The number of sulfonamides is 1. The fourth-order valence-electron chi connectivity index (χ4n) is 1.48. The molecule has 0 saturated heterocycles. The second kappa shape index (κ2) is 10.1. The molecular formula is C12H20ClNO6PS+. The van der Waals surface area contributed by atoms with Gasteiger partial charge in [-0.1, -0.05) is 25.4 Å². The Morgan fingerprint density at radius 1 is 1.23 bits per heavy atom. The number of aromatic hydroxyl groups is 1. The molecular weight excluding hydrogens is 353 g/mol. The van der Waals surface area contributed by atoms with Gasteiger partial charge in [-0.15, -0.1) is 9.05 Å². The summed E-state index contributed by atoms with van der Waals surface area (Å²) in [6, 6.07) is 3.84. The zero-order valence-corrected chi connectivity index (χ0v) is 15.3. The van der Waals surface area contributed by atoms with E-state index in [1.165, 1.54) is 36.7 Å². The van der Waals surface area contributed by atoms with Gasteiger partial charge in [-0.3, -0.25) is 0 Å². The summed E-state index contributed by atoms with van der Waals surface area (Å²) in [4.78, 5) is 0.0238. The first-order chi connectivity index (χ1) is 10.2. The summed E-state index contributed by atoms with van der Waals surface area (Å²) < 4.78 is 43.7. The molecule has 0 amide bonds. The van der Waals surface area contributed by atoms with Gasteiger partial charge in [0.2, 0.25) is 10.0 Å². The standard InChI is InChI=1S/C10H14ClNO3S.C2H6O3P/c1-3-12(4-2)16(14,15)10-6-5-8(13)7-9(10)11;1-4-6(3)5-2/h5-7,13H,3-4H2,1-2H3;1-2H3/q;+1. The number of phenols is 1. The van der Waals surface area contributed by atoms with E-state index in [1.807, 2.05) is 0 Å². The van der Waals surface area contributed by atoms with Crippen molar-refractivity contribution < 1.29 is 27.1 Å². The van der Waals surface area contributed by atoms with Gasteiger partial charge >= 0.3 is 8.25 Å². The van der Waals surface area contributed by atoms with Crippen molar-refractivity contribution in [3.8, 4) is 5.75 Å². The van der Waals surface area contributed by atoms with Crippen LogP contribution in [0.25, 0.3) is 0 Å². The normalized spacial score (nSPS) is 11.0. The van der Waals surface area contributed by atoms with Crippen molar-refractivity contribution in [3.63, 3.8) is 0 Å². The number of phenolic OH excluding ortho intramolecular Hbond substituents is 1. The fraction of sp³-hybridized carbons (Fsp3) is 0.500. The summed E-state index contributed by atoms with van der Waals surface area (Å²) >= 11 is 5.81. The lowest BCUT2D eigenvalue weighted by molar-refractivity contribution is 0.302. The van der Waals surface area contributed by atoms with Crippen LogP contribution in [0.2, 0.25) is 5.02 Å². The lowest BCUT2D eigenvalue weighted by atomic mass is 10.3. The molecule has 0 heterocycles. The third-order valence-electron chi connectivity index (χ3n) is 2.54. The molecule has 1 aromatic rings. The van der Waals surface area contributed by atoms with E-state index in [4.69, 9.17) is 16.7 Å². The van der Waals surface area contributed by atoms with Crippen LogP contribution in [0.1, 0.15) is 13.8 Å². The van der Waals surface area contributed by atoms with E-state index in [0.29, 0.717) is 13.1 Å². The maximum absolute atomic E-state index is 12.1. The molecule has 1 N–H and O–H groups in total. The number of nitrogens with zero attached hydrogens (tertiary/aromatic N) is 1. The van der Waals surface area contributed by atoms with Crippen molar-refractivity contribution in [2.24, 2.45) is 0 Å². The van der Waals surface area contributed by atoms with Crippen LogP contribution in [0, 0.1) is 0 Å². The van der Waals surface area contributed by atoms with Crippen LogP contribution >= 0.6 is 19.9 Å². The molecule has 0 saturated carbocycles. The Balaban J connectivity index is 0.000000626. The molecule has 0 fully saturated rings. The highest BCUT2D eigenvalue weighted by atomic mass is 35.5. The SMILES string of the molecule is CCN(CC)S(=O)(=O)c1ccc(O)cc1Cl.CO[P+](=O)OC. The zero-order valence-electron chi connectivity index (χ0n) is 12.8. The van der Waals surface area contributed by atoms with Gasteiger partial charge in [0.05, 0.1) is 19.2 Å². The summed E-state index contributed by atoms with van der Waals surface area (Å²) in [6.45, 7) is 4.29. The predicted molar refractivity (Wildman–Crippen MR) is 84.8 cm³/mol. The molecule has 0 radical (unpaired) electrons. The third kappa shape index (κ3) is 6.16. The summed E-state index contributed by atoms with van der Waals surface area (Å²) in [5, 5.41) is 9.20. The van der Waals surface area contributed by atoms with E-state index in [1.54, 1.807) is 13.8 Å². The Morgan fingerprint density at radius 3 is 2.05 bits per heavy atom. The lowest BCUT2D eigenvalue weighted by Gasteiger charge is -2.19. The Labute approximate surface area is 136 Å². The van der Waals surface area contributed by atoms with E-state index in [2.05, 4.69) is 9.05 Å². The minimum absolute atomic E-state index is 0.0238. The van der Waals surface area contributed by atoms with Crippen molar-refractivity contribution in [2.45, 2.75) is 18.7 Å². The van der Waals surface area contributed by atoms with E-state index in [0.717, 1.165) is 0 Å². The summed E-state index contributed by atoms with van der Waals surface area (Å²) in [5.41, 5.74) is 0. The first kappa shape index (κ1) is 21.2. The molecule has 0 unspecified atom stereocenters. The van der Waals surface area contributed by atoms with Crippen LogP contribution in [0.15, 0.2) is 23.1 Å². The highest BCUT2D eigenvalue weighted by Gasteiger charge is 2.24. The smallest absolute Gasteiger partial charge is 0.508 e. The van der Waals surface area contributed by atoms with Crippen LogP contribution in [0.4, 0.5) is 0 Å². The Kier molecular flexibility index (Phi) is 9.75. The summed E-state index contributed by atoms with van der Waals surface area (Å²) in [6.07, 6.45) is 0. The second-order valence-corrected chi connectivity index (χ2v) is 7.28. The van der Waals surface area contributed by atoms with E-state index >= 15 is 0 Å². The molecule has 0 atom stereocenters. The minimum Gasteiger partial charge on any atom is -0.508 e. The molecule has 0 spiro atoms. The molecule has 0 aliphatic rings. The minimum atomic E-state index is -3.56. The zero-order chi connectivity index (χ0) is 17.3. The molecule has 0 aliphatic heterocycles. The van der Waals surface area contributed by atoms with Crippen LogP contribution in [0.3, 0.4) is 0 Å². The monoisotopic (exact) mass is 372 g/mol.